The van der Waals surface area contributed by atoms with Crippen molar-refractivity contribution in [2.45, 2.75) is 19.5 Å². The van der Waals surface area contributed by atoms with Crippen LogP contribution in [0.3, 0.4) is 0 Å². The highest BCUT2D eigenvalue weighted by atomic mass is 19.4. The average molecular weight is 500 g/mol. The lowest BCUT2D eigenvalue weighted by Gasteiger charge is -2.13. The van der Waals surface area contributed by atoms with E-state index in [4.69, 9.17) is 5.73 Å². The van der Waals surface area contributed by atoms with Crippen molar-refractivity contribution in [2.24, 2.45) is 5.73 Å². The van der Waals surface area contributed by atoms with Crippen molar-refractivity contribution in [3.63, 3.8) is 0 Å². The summed E-state index contributed by atoms with van der Waals surface area (Å²) in [6.45, 7) is 1.24. The van der Waals surface area contributed by atoms with E-state index >= 15 is 0 Å². The van der Waals surface area contributed by atoms with E-state index in [-0.39, 0.29) is 16.8 Å². The number of carbonyl (C=O) groups is 2. The number of alkyl halides is 3. The fourth-order valence-corrected chi connectivity index (χ4v) is 3.82. The molecular weight excluding hydrogens is 480 g/mol. The highest BCUT2D eigenvalue weighted by Crippen LogP contribution is 2.30. The number of nitrogens with two attached hydrogens (primary N) is 1. The Balaban J connectivity index is 1.83. The average Bonchev–Trinajstić information content (AvgIpc) is 3.23. The molecule has 0 radical (unpaired) electrons. The SMILES string of the molecule is Cc1cc(-n2cnc3c(NCCC(F)(F)F)cc(C(=O)c4ccc(O)c(F)c4)cc32)ccc1C(N)=O. The fraction of sp³-hybridized carbons (Fsp3) is 0.160. The molecule has 0 saturated carbocycles. The first kappa shape index (κ1) is 24.7. The minimum atomic E-state index is -4.39. The van der Waals surface area contributed by atoms with Crippen LogP contribution in [-0.2, 0) is 0 Å². The summed E-state index contributed by atoms with van der Waals surface area (Å²) in [6, 6.07) is 10.8. The zero-order valence-electron chi connectivity index (χ0n) is 18.9. The molecule has 1 heterocycles. The monoisotopic (exact) mass is 500 g/mol. The summed E-state index contributed by atoms with van der Waals surface area (Å²) < 4.78 is 53.6. The molecule has 3 aromatic carbocycles. The number of ketones is 1. The lowest BCUT2D eigenvalue weighted by atomic mass is 10.0. The van der Waals surface area contributed by atoms with Gasteiger partial charge in [0.2, 0.25) is 5.91 Å². The third-order valence-electron chi connectivity index (χ3n) is 5.60. The van der Waals surface area contributed by atoms with Crippen molar-refractivity contribution in [3.8, 4) is 11.4 Å². The van der Waals surface area contributed by atoms with Gasteiger partial charge in [0, 0.05) is 28.9 Å². The number of hydrogen-bond acceptors (Lipinski definition) is 5. The maximum Gasteiger partial charge on any atom is 0.390 e. The number of carbonyl (C=O) groups excluding carboxylic acids is 2. The number of nitrogens with zero attached hydrogens (tertiary/aromatic N) is 2. The number of aryl methyl sites for hydroxylation is 1. The zero-order valence-corrected chi connectivity index (χ0v) is 18.9. The summed E-state index contributed by atoms with van der Waals surface area (Å²) in [5, 5.41) is 12.1. The summed E-state index contributed by atoms with van der Waals surface area (Å²) in [4.78, 5) is 29.0. The number of aromatic hydroxyl groups is 1. The molecule has 4 N–H and O–H groups in total. The van der Waals surface area contributed by atoms with Gasteiger partial charge in [0.05, 0.1) is 17.6 Å². The van der Waals surface area contributed by atoms with Gasteiger partial charge in [0.25, 0.3) is 0 Å². The second-order valence-corrected chi connectivity index (χ2v) is 8.16. The normalized spacial score (nSPS) is 11.6. The minimum Gasteiger partial charge on any atom is -0.505 e. The second-order valence-electron chi connectivity index (χ2n) is 8.16. The number of rotatable bonds is 7. The number of imidazole rings is 1. The van der Waals surface area contributed by atoms with Gasteiger partial charge in [-0.15, -0.1) is 0 Å². The Hall–Kier alpha value is -4.41. The largest absolute Gasteiger partial charge is 0.505 e. The van der Waals surface area contributed by atoms with Crippen LogP contribution in [0.15, 0.2) is 54.9 Å². The molecule has 1 amide bonds. The summed E-state index contributed by atoms with van der Waals surface area (Å²) in [5.41, 5.74) is 7.75. The fourth-order valence-electron chi connectivity index (χ4n) is 3.82. The molecule has 0 aliphatic rings. The molecule has 11 heteroatoms. The van der Waals surface area contributed by atoms with E-state index in [9.17, 15) is 32.3 Å². The zero-order chi connectivity index (χ0) is 26.2. The van der Waals surface area contributed by atoms with Crippen LogP contribution in [0.25, 0.3) is 16.7 Å². The van der Waals surface area contributed by atoms with Crippen molar-refractivity contribution in [1.82, 2.24) is 9.55 Å². The molecule has 7 nitrogen and oxygen atoms in total. The minimum absolute atomic E-state index is 0.0568. The van der Waals surface area contributed by atoms with Crippen molar-refractivity contribution in [2.75, 3.05) is 11.9 Å². The molecule has 36 heavy (non-hydrogen) atoms. The van der Waals surface area contributed by atoms with Crippen LogP contribution < -0.4 is 11.1 Å². The van der Waals surface area contributed by atoms with Gasteiger partial charge in [-0.25, -0.2) is 9.37 Å². The molecule has 0 unspecified atom stereocenters. The van der Waals surface area contributed by atoms with Gasteiger partial charge in [-0.2, -0.15) is 13.2 Å². The number of fused-ring (bicyclic) bond motifs is 1. The van der Waals surface area contributed by atoms with Crippen LogP contribution in [0.2, 0.25) is 0 Å². The van der Waals surface area contributed by atoms with E-state index < -0.39 is 42.4 Å². The van der Waals surface area contributed by atoms with E-state index in [1.165, 1.54) is 30.6 Å². The number of primary amides is 1. The molecule has 186 valence electrons. The quantitative estimate of drug-likeness (QED) is 0.248. The van der Waals surface area contributed by atoms with Crippen LogP contribution in [0.5, 0.6) is 5.75 Å². The van der Waals surface area contributed by atoms with Gasteiger partial charge in [0.1, 0.15) is 11.8 Å². The highest BCUT2D eigenvalue weighted by Gasteiger charge is 2.26. The lowest BCUT2D eigenvalue weighted by Crippen LogP contribution is -2.15. The summed E-state index contributed by atoms with van der Waals surface area (Å²) >= 11 is 0. The third kappa shape index (κ3) is 4.99. The molecule has 0 fully saturated rings. The van der Waals surface area contributed by atoms with E-state index in [1.54, 1.807) is 23.6 Å². The Morgan fingerprint density at radius 1 is 1.08 bits per heavy atom. The van der Waals surface area contributed by atoms with Crippen molar-refractivity contribution in [1.29, 1.82) is 0 Å². The van der Waals surface area contributed by atoms with E-state index in [1.807, 2.05) is 0 Å². The number of hydrogen-bond donors (Lipinski definition) is 3. The van der Waals surface area contributed by atoms with Gasteiger partial charge < -0.3 is 16.2 Å². The Morgan fingerprint density at radius 2 is 1.83 bits per heavy atom. The second kappa shape index (κ2) is 9.33. The Labute approximate surface area is 202 Å². The summed E-state index contributed by atoms with van der Waals surface area (Å²) in [5.74, 6) is -2.81. The first-order valence-corrected chi connectivity index (χ1v) is 10.7. The number of benzene rings is 3. The maximum absolute atomic E-state index is 13.9. The molecule has 0 spiro atoms. The number of phenolic OH excluding ortho intramolecular Hbond substituents is 1. The van der Waals surface area contributed by atoms with Crippen molar-refractivity contribution < 1.29 is 32.3 Å². The number of aromatic nitrogens is 2. The third-order valence-corrected chi connectivity index (χ3v) is 5.60. The van der Waals surface area contributed by atoms with Gasteiger partial charge in [-0.1, -0.05) is 0 Å². The van der Waals surface area contributed by atoms with Gasteiger partial charge in [-0.3, -0.25) is 14.2 Å². The van der Waals surface area contributed by atoms with Crippen LogP contribution in [0.1, 0.15) is 38.3 Å². The molecule has 0 saturated heterocycles. The van der Waals surface area contributed by atoms with E-state index in [0.717, 1.165) is 12.1 Å². The topological polar surface area (TPSA) is 110 Å². The molecule has 4 aromatic rings. The molecule has 0 aliphatic heterocycles. The smallest absolute Gasteiger partial charge is 0.390 e. The first-order valence-electron chi connectivity index (χ1n) is 10.7. The molecule has 1 aromatic heterocycles. The van der Waals surface area contributed by atoms with Gasteiger partial charge >= 0.3 is 6.18 Å². The van der Waals surface area contributed by atoms with Crippen LogP contribution >= 0.6 is 0 Å². The van der Waals surface area contributed by atoms with E-state index in [2.05, 4.69) is 10.3 Å². The first-order chi connectivity index (χ1) is 16.9. The van der Waals surface area contributed by atoms with Gasteiger partial charge in [-0.05, 0) is 61.0 Å². The predicted molar refractivity (Wildman–Crippen MR) is 125 cm³/mol. The number of phenols is 1. The Bertz CT molecular complexity index is 1490. The Kier molecular flexibility index (Phi) is 6.40. The summed E-state index contributed by atoms with van der Waals surface area (Å²) in [6.07, 6.45) is -4.06. The number of halogens is 4. The highest BCUT2D eigenvalue weighted by molar-refractivity contribution is 6.12. The van der Waals surface area contributed by atoms with Crippen molar-refractivity contribution >= 4 is 28.4 Å². The molecule has 0 bridgehead atoms. The summed E-state index contributed by atoms with van der Waals surface area (Å²) in [7, 11) is 0. The van der Waals surface area contributed by atoms with Crippen LogP contribution in [0.4, 0.5) is 23.2 Å². The lowest BCUT2D eigenvalue weighted by molar-refractivity contribution is -0.131. The van der Waals surface area contributed by atoms with Crippen LogP contribution in [0, 0.1) is 12.7 Å². The predicted octanol–water partition coefficient (Wildman–Crippen LogP) is 4.87. The molecule has 0 aliphatic carbocycles. The van der Waals surface area contributed by atoms with Crippen LogP contribution in [-0.4, -0.2) is 39.1 Å². The molecule has 0 atom stereocenters. The molecule has 4 rings (SSSR count). The number of amides is 1. The van der Waals surface area contributed by atoms with Crippen molar-refractivity contribution in [3.05, 3.63) is 82.9 Å². The maximum atomic E-state index is 13.9. The standard InChI is InChI=1S/C25H20F4N4O3/c1-13-8-16(3-4-17(13)24(30)36)33-12-32-22-19(31-7-6-25(27,28)29)10-15(11-20(22)33)23(35)14-2-5-21(34)18(26)9-14/h2-5,8-12,31,34H,6-7H2,1H3,(H2,30,36). The number of nitrogens with one attached hydrogen (secondary N) is 1. The molecular formula is C25H20F4N4O3. The Morgan fingerprint density at radius 3 is 2.47 bits per heavy atom. The van der Waals surface area contributed by atoms with E-state index in [0.29, 0.717) is 27.8 Å². The number of anilines is 1. The van der Waals surface area contributed by atoms with Gasteiger partial charge in [0.15, 0.2) is 17.3 Å².